The van der Waals surface area contributed by atoms with E-state index in [2.05, 4.69) is 57.2 Å². The Bertz CT molecular complexity index is 1300. The fourth-order valence-corrected chi connectivity index (χ4v) is 10.6. The third kappa shape index (κ3) is 64.5. The standard InChI is InChI=1S/C72H134O6/c1-4-7-10-13-16-19-22-25-28-31-33-34-35-36-37-38-39-42-44-47-50-53-56-59-62-65-71(74)77-68-69(67-76-70(73)64-61-58-55-52-49-46-43-40-30-27-24-21-18-15-12-9-6-3)78-72(75)66-63-60-57-54-51-48-45-41-32-29-26-23-20-17-14-11-8-5-2/h22,25,27,30-31,33,69H,4-21,23-24,26,28-29,32,34-68H2,1-3H3/b25-22-,30-27-,33-31-. The van der Waals surface area contributed by atoms with Gasteiger partial charge in [0.05, 0.1) is 0 Å². The van der Waals surface area contributed by atoms with Crippen LogP contribution in [0.1, 0.15) is 387 Å². The Morgan fingerprint density at radius 3 is 0.718 bits per heavy atom. The Hall–Kier alpha value is -2.37. The maximum Gasteiger partial charge on any atom is 0.306 e. The number of esters is 3. The van der Waals surface area contributed by atoms with Crippen LogP contribution >= 0.6 is 0 Å². The second kappa shape index (κ2) is 67.1. The highest BCUT2D eigenvalue weighted by atomic mass is 16.6. The second-order valence-corrected chi connectivity index (χ2v) is 23.8. The highest BCUT2D eigenvalue weighted by Crippen LogP contribution is 2.18. The van der Waals surface area contributed by atoms with Crippen molar-refractivity contribution in [3.63, 3.8) is 0 Å². The molecular weight excluding hydrogens is 961 g/mol. The van der Waals surface area contributed by atoms with E-state index in [9.17, 15) is 14.4 Å². The van der Waals surface area contributed by atoms with Gasteiger partial charge in [-0.2, -0.15) is 0 Å². The molecule has 0 heterocycles. The summed E-state index contributed by atoms with van der Waals surface area (Å²) in [6.45, 7) is 6.70. The van der Waals surface area contributed by atoms with Gasteiger partial charge in [-0.05, 0) is 77.0 Å². The maximum atomic E-state index is 12.9. The molecule has 0 aliphatic carbocycles. The summed E-state index contributed by atoms with van der Waals surface area (Å²) in [7, 11) is 0. The molecule has 0 saturated carbocycles. The predicted molar refractivity (Wildman–Crippen MR) is 339 cm³/mol. The largest absolute Gasteiger partial charge is 0.462 e. The summed E-state index contributed by atoms with van der Waals surface area (Å²) >= 11 is 0. The third-order valence-electron chi connectivity index (χ3n) is 15.9. The number of unbranched alkanes of at least 4 members (excludes halogenated alkanes) is 48. The highest BCUT2D eigenvalue weighted by molar-refractivity contribution is 5.71. The van der Waals surface area contributed by atoms with Crippen molar-refractivity contribution < 1.29 is 28.6 Å². The van der Waals surface area contributed by atoms with E-state index in [-0.39, 0.29) is 31.1 Å². The lowest BCUT2D eigenvalue weighted by atomic mass is 10.0. The van der Waals surface area contributed by atoms with Gasteiger partial charge in [-0.25, -0.2) is 0 Å². The lowest BCUT2D eigenvalue weighted by molar-refractivity contribution is -0.167. The fraction of sp³-hybridized carbons (Fsp3) is 0.875. The zero-order valence-electron chi connectivity index (χ0n) is 52.7. The molecule has 6 nitrogen and oxygen atoms in total. The van der Waals surface area contributed by atoms with Crippen molar-refractivity contribution in [2.45, 2.75) is 393 Å². The van der Waals surface area contributed by atoms with E-state index in [0.29, 0.717) is 19.3 Å². The summed E-state index contributed by atoms with van der Waals surface area (Å²) in [6, 6.07) is 0. The van der Waals surface area contributed by atoms with Crippen LogP contribution in [0.2, 0.25) is 0 Å². The van der Waals surface area contributed by atoms with Gasteiger partial charge in [-0.15, -0.1) is 0 Å². The molecule has 6 heteroatoms. The topological polar surface area (TPSA) is 78.9 Å². The van der Waals surface area contributed by atoms with E-state index in [0.717, 1.165) is 64.2 Å². The fourth-order valence-electron chi connectivity index (χ4n) is 10.6. The summed E-state index contributed by atoms with van der Waals surface area (Å²) in [4.78, 5) is 38.4. The zero-order chi connectivity index (χ0) is 56.4. The number of carbonyl (C=O) groups excluding carboxylic acids is 3. The number of rotatable bonds is 65. The molecule has 0 radical (unpaired) electrons. The Morgan fingerprint density at radius 2 is 0.462 bits per heavy atom. The molecule has 0 amide bonds. The minimum absolute atomic E-state index is 0.0688. The average molecular weight is 1100 g/mol. The summed E-state index contributed by atoms with van der Waals surface area (Å²) in [6.07, 6.45) is 83.0. The monoisotopic (exact) mass is 1100 g/mol. The van der Waals surface area contributed by atoms with Gasteiger partial charge < -0.3 is 14.2 Å². The molecule has 0 aromatic heterocycles. The molecular formula is C72H134O6. The molecule has 0 spiro atoms. The molecule has 0 bridgehead atoms. The van der Waals surface area contributed by atoms with E-state index in [4.69, 9.17) is 14.2 Å². The first kappa shape index (κ1) is 75.6. The molecule has 0 saturated heterocycles. The lowest BCUT2D eigenvalue weighted by Crippen LogP contribution is -2.30. The Kier molecular flexibility index (Phi) is 65.1. The van der Waals surface area contributed by atoms with E-state index in [1.54, 1.807) is 0 Å². The minimum atomic E-state index is -0.772. The van der Waals surface area contributed by atoms with Gasteiger partial charge in [-0.3, -0.25) is 14.4 Å². The van der Waals surface area contributed by atoms with Crippen LogP contribution < -0.4 is 0 Å². The first-order valence-corrected chi connectivity index (χ1v) is 35.0. The van der Waals surface area contributed by atoms with Crippen molar-refractivity contribution in [1.82, 2.24) is 0 Å². The van der Waals surface area contributed by atoms with Crippen molar-refractivity contribution in [2.75, 3.05) is 13.2 Å². The smallest absolute Gasteiger partial charge is 0.306 e. The zero-order valence-corrected chi connectivity index (χ0v) is 52.7. The average Bonchev–Trinajstić information content (AvgIpc) is 3.44. The van der Waals surface area contributed by atoms with Gasteiger partial charge in [0.25, 0.3) is 0 Å². The lowest BCUT2D eigenvalue weighted by Gasteiger charge is -2.18. The van der Waals surface area contributed by atoms with Crippen LogP contribution in [0.5, 0.6) is 0 Å². The Labute approximate surface area is 486 Å². The van der Waals surface area contributed by atoms with Crippen LogP contribution in [0.15, 0.2) is 36.5 Å². The van der Waals surface area contributed by atoms with Gasteiger partial charge in [-0.1, -0.05) is 327 Å². The number of allylic oxidation sites excluding steroid dienone is 6. The molecule has 0 rings (SSSR count). The summed E-state index contributed by atoms with van der Waals surface area (Å²) < 4.78 is 17.0. The van der Waals surface area contributed by atoms with Crippen LogP contribution in [-0.4, -0.2) is 37.2 Å². The molecule has 0 aliphatic rings. The molecule has 1 atom stereocenters. The van der Waals surface area contributed by atoms with Crippen molar-refractivity contribution >= 4 is 17.9 Å². The summed E-state index contributed by atoms with van der Waals surface area (Å²) in [5.41, 5.74) is 0. The maximum absolute atomic E-state index is 12.9. The Morgan fingerprint density at radius 1 is 0.256 bits per heavy atom. The van der Waals surface area contributed by atoms with E-state index in [1.165, 1.54) is 283 Å². The summed E-state index contributed by atoms with van der Waals surface area (Å²) in [5.74, 6) is -0.844. The van der Waals surface area contributed by atoms with Gasteiger partial charge in [0.1, 0.15) is 13.2 Å². The summed E-state index contributed by atoms with van der Waals surface area (Å²) in [5, 5.41) is 0. The molecule has 0 fully saturated rings. The second-order valence-electron chi connectivity index (χ2n) is 23.8. The van der Waals surface area contributed by atoms with E-state index < -0.39 is 6.10 Å². The van der Waals surface area contributed by atoms with E-state index >= 15 is 0 Å². The third-order valence-corrected chi connectivity index (χ3v) is 15.9. The van der Waals surface area contributed by atoms with Crippen LogP contribution in [0, 0.1) is 0 Å². The number of hydrogen-bond donors (Lipinski definition) is 0. The van der Waals surface area contributed by atoms with Gasteiger partial charge in [0.2, 0.25) is 0 Å². The van der Waals surface area contributed by atoms with Crippen molar-refractivity contribution in [3.8, 4) is 0 Å². The Balaban J connectivity index is 4.28. The predicted octanol–water partition coefficient (Wildman–Crippen LogP) is 23.9. The molecule has 1 unspecified atom stereocenters. The molecule has 0 aromatic carbocycles. The first-order valence-electron chi connectivity index (χ1n) is 35.0. The number of ether oxygens (including phenoxy) is 3. The molecule has 0 aliphatic heterocycles. The van der Waals surface area contributed by atoms with Crippen molar-refractivity contribution in [1.29, 1.82) is 0 Å². The number of carbonyl (C=O) groups is 3. The van der Waals surface area contributed by atoms with Gasteiger partial charge >= 0.3 is 17.9 Å². The SMILES string of the molecule is CCCCCCC/C=C\C/C=C\CCCCCCCCCCCCCCCC(=O)OCC(COC(=O)CCCCCCCCC/C=C\CCCCCCCC)OC(=O)CCCCCCCCCCCCCCCCCCCC. The highest BCUT2D eigenvalue weighted by Gasteiger charge is 2.19. The number of hydrogen-bond acceptors (Lipinski definition) is 6. The van der Waals surface area contributed by atoms with Gasteiger partial charge in [0.15, 0.2) is 6.10 Å². The van der Waals surface area contributed by atoms with Crippen LogP contribution in [0.25, 0.3) is 0 Å². The van der Waals surface area contributed by atoms with E-state index in [1.807, 2.05) is 0 Å². The van der Waals surface area contributed by atoms with Crippen LogP contribution in [-0.2, 0) is 28.6 Å². The quantitative estimate of drug-likeness (QED) is 0.0261. The van der Waals surface area contributed by atoms with Crippen molar-refractivity contribution in [2.24, 2.45) is 0 Å². The molecule has 78 heavy (non-hydrogen) atoms. The first-order chi connectivity index (χ1) is 38.5. The van der Waals surface area contributed by atoms with Crippen molar-refractivity contribution in [3.05, 3.63) is 36.5 Å². The molecule has 0 aromatic rings. The molecule has 458 valence electrons. The van der Waals surface area contributed by atoms with Crippen LogP contribution in [0.4, 0.5) is 0 Å². The minimum Gasteiger partial charge on any atom is -0.462 e. The van der Waals surface area contributed by atoms with Gasteiger partial charge in [0, 0.05) is 19.3 Å². The van der Waals surface area contributed by atoms with Crippen LogP contribution in [0.3, 0.4) is 0 Å². The normalized spacial score (nSPS) is 12.2. The molecule has 0 N–H and O–H groups in total.